The molecule has 0 aromatic heterocycles. The van der Waals surface area contributed by atoms with Gasteiger partial charge in [0, 0.05) is 0 Å². The van der Waals surface area contributed by atoms with Gasteiger partial charge in [0.05, 0.1) is 0 Å². The van der Waals surface area contributed by atoms with Gasteiger partial charge >= 0.3 is 6.16 Å². The average molecular weight is 199 g/mol. The fourth-order valence-electron chi connectivity index (χ4n) is 1.67. The first-order valence-electron chi connectivity index (χ1n) is 5.52. The van der Waals surface area contributed by atoms with E-state index in [1.165, 1.54) is 19.4 Å². The summed E-state index contributed by atoms with van der Waals surface area (Å²) < 4.78 is 9.93. The number of ether oxygens (including phenoxy) is 2. The minimum Gasteiger partial charge on any atom is -0.431 e. The Morgan fingerprint density at radius 2 is 1.93 bits per heavy atom. The Morgan fingerprint density at radius 3 is 2.50 bits per heavy atom. The SMILES string of the molecule is CC[CH]OC(=O)OC1CCCCCC1. The van der Waals surface area contributed by atoms with Crippen molar-refractivity contribution in [3.05, 3.63) is 6.61 Å². The summed E-state index contributed by atoms with van der Waals surface area (Å²) in [5, 5.41) is 0. The standard InChI is InChI=1S/C11H19O3/c1-2-9-13-11(12)14-10-7-5-3-4-6-8-10/h9-10H,2-8H2,1H3. The van der Waals surface area contributed by atoms with Crippen molar-refractivity contribution in [3.8, 4) is 0 Å². The lowest BCUT2D eigenvalue weighted by Gasteiger charge is -2.14. The lowest BCUT2D eigenvalue weighted by molar-refractivity contribution is 0.0317. The highest BCUT2D eigenvalue weighted by Crippen LogP contribution is 2.20. The number of rotatable bonds is 3. The van der Waals surface area contributed by atoms with Crippen LogP contribution in [0.1, 0.15) is 51.9 Å². The molecular formula is C11H19O3. The van der Waals surface area contributed by atoms with Crippen molar-refractivity contribution in [3.63, 3.8) is 0 Å². The summed E-state index contributed by atoms with van der Waals surface area (Å²) in [5.74, 6) is 0. The van der Waals surface area contributed by atoms with Gasteiger partial charge in [-0.1, -0.05) is 19.8 Å². The van der Waals surface area contributed by atoms with Crippen molar-refractivity contribution in [1.29, 1.82) is 0 Å². The largest absolute Gasteiger partial charge is 0.508 e. The van der Waals surface area contributed by atoms with E-state index in [2.05, 4.69) is 0 Å². The summed E-state index contributed by atoms with van der Waals surface area (Å²) in [6, 6.07) is 0. The fraction of sp³-hybridized carbons (Fsp3) is 0.818. The molecule has 1 saturated carbocycles. The number of hydrogen-bond acceptors (Lipinski definition) is 3. The molecule has 3 nitrogen and oxygen atoms in total. The topological polar surface area (TPSA) is 35.5 Å². The second kappa shape index (κ2) is 6.68. The fourth-order valence-corrected chi connectivity index (χ4v) is 1.67. The Hall–Kier alpha value is -0.730. The van der Waals surface area contributed by atoms with E-state index in [9.17, 15) is 4.79 Å². The zero-order valence-electron chi connectivity index (χ0n) is 8.83. The van der Waals surface area contributed by atoms with Crippen molar-refractivity contribution in [2.45, 2.75) is 58.0 Å². The second-order valence-electron chi connectivity index (χ2n) is 3.67. The van der Waals surface area contributed by atoms with E-state index >= 15 is 0 Å². The molecule has 0 aromatic carbocycles. The third kappa shape index (κ3) is 4.49. The molecule has 14 heavy (non-hydrogen) atoms. The van der Waals surface area contributed by atoms with Gasteiger partial charge in [-0.15, -0.1) is 0 Å². The normalized spacial score (nSPS) is 18.6. The monoisotopic (exact) mass is 199 g/mol. The number of carbonyl (C=O) groups excluding carboxylic acids is 1. The van der Waals surface area contributed by atoms with E-state index < -0.39 is 6.16 Å². The number of hydrogen-bond donors (Lipinski definition) is 0. The van der Waals surface area contributed by atoms with Gasteiger partial charge in [-0.3, -0.25) is 0 Å². The highest BCUT2D eigenvalue weighted by atomic mass is 16.7. The maximum absolute atomic E-state index is 11.1. The zero-order valence-corrected chi connectivity index (χ0v) is 8.83. The van der Waals surface area contributed by atoms with Gasteiger partial charge in [0.2, 0.25) is 0 Å². The molecule has 81 valence electrons. The summed E-state index contributed by atoms with van der Waals surface area (Å²) in [5.41, 5.74) is 0. The smallest absolute Gasteiger partial charge is 0.431 e. The Morgan fingerprint density at radius 1 is 1.29 bits per heavy atom. The molecule has 1 rings (SSSR count). The lowest BCUT2D eigenvalue weighted by Crippen LogP contribution is -2.17. The Bertz CT molecular complexity index is 160. The molecule has 0 saturated heterocycles. The molecule has 1 aliphatic rings. The zero-order chi connectivity index (χ0) is 10.2. The molecular weight excluding hydrogens is 180 g/mol. The average Bonchev–Trinajstić information content (AvgIpc) is 2.43. The molecule has 0 atom stereocenters. The van der Waals surface area contributed by atoms with E-state index in [1.54, 1.807) is 0 Å². The van der Waals surface area contributed by atoms with Crippen LogP contribution >= 0.6 is 0 Å². The van der Waals surface area contributed by atoms with Gasteiger partial charge in [0.15, 0.2) is 0 Å². The van der Waals surface area contributed by atoms with Crippen LogP contribution in [0.2, 0.25) is 0 Å². The highest BCUT2D eigenvalue weighted by molar-refractivity contribution is 5.60. The first-order chi connectivity index (χ1) is 6.83. The van der Waals surface area contributed by atoms with Crippen LogP contribution in [0.4, 0.5) is 4.79 Å². The highest BCUT2D eigenvalue weighted by Gasteiger charge is 2.17. The Kier molecular flexibility index (Phi) is 5.42. The Labute approximate surface area is 85.8 Å². The van der Waals surface area contributed by atoms with Crippen molar-refractivity contribution in [2.75, 3.05) is 0 Å². The van der Waals surface area contributed by atoms with E-state index in [4.69, 9.17) is 9.47 Å². The lowest BCUT2D eigenvalue weighted by atomic mass is 10.2. The molecule has 0 unspecified atom stereocenters. The summed E-state index contributed by atoms with van der Waals surface area (Å²) in [4.78, 5) is 11.1. The maximum Gasteiger partial charge on any atom is 0.508 e. The van der Waals surface area contributed by atoms with Gasteiger partial charge in [-0.25, -0.2) is 4.79 Å². The van der Waals surface area contributed by atoms with Gasteiger partial charge in [0.25, 0.3) is 0 Å². The predicted octanol–water partition coefficient (Wildman–Crippen LogP) is 3.43. The van der Waals surface area contributed by atoms with Crippen LogP contribution in [-0.2, 0) is 9.47 Å². The van der Waals surface area contributed by atoms with Gasteiger partial charge in [-0.05, 0) is 32.1 Å². The first kappa shape index (κ1) is 11.3. The molecule has 0 bridgehead atoms. The summed E-state index contributed by atoms with van der Waals surface area (Å²) in [7, 11) is 0. The molecule has 1 aliphatic carbocycles. The molecule has 1 fully saturated rings. The van der Waals surface area contributed by atoms with E-state index in [1.807, 2.05) is 6.92 Å². The molecule has 3 heteroatoms. The van der Waals surface area contributed by atoms with E-state index in [0.717, 1.165) is 32.1 Å². The number of carbonyl (C=O) groups is 1. The first-order valence-corrected chi connectivity index (χ1v) is 5.52. The van der Waals surface area contributed by atoms with Crippen molar-refractivity contribution in [1.82, 2.24) is 0 Å². The van der Waals surface area contributed by atoms with Gasteiger partial charge in [0.1, 0.15) is 12.7 Å². The van der Waals surface area contributed by atoms with E-state index in [0.29, 0.717) is 0 Å². The maximum atomic E-state index is 11.1. The second-order valence-corrected chi connectivity index (χ2v) is 3.67. The minimum absolute atomic E-state index is 0.0789. The van der Waals surface area contributed by atoms with E-state index in [-0.39, 0.29) is 6.10 Å². The predicted molar refractivity (Wildman–Crippen MR) is 53.6 cm³/mol. The molecule has 0 aromatic rings. The van der Waals surface area contributed by atoms with Crippen molar-refractivity contribution < 1.29 is 14.3 Å². The molecule has 0 spiro atoms. The molecule has 0 aliphatic heterocycles. The van der Waals surface area contributed by atoms with Crippen LogP contribution < -0.4 is 0 Å². The summed E-state index contributed by atoms with van der Waals surface area (Å²) in [6.45, 7) is 3.39. The van der Waals surface area contributed by atoms with Crippen LogP contribution in [0.3, 0.4) is 0 Å². The Balaban J connectivity index is 2.17. The molecule has 1 radical (unpaired) electrons. The van der Waals surface area contributed by atoms with Crippen molar-refractivity contribution >= 4 is 6.16 Å². The third-order valence-electron chi connectivity index (χ3n) is 2.41. The van der Waals surface area contributed by atoms with Crippen LogP contribution in [0.25, 0.3) is 0 Å². The molecule has 0 amide bonds. The van der Waals surface area contributed by atoms with Crippen LogP contribution in [0.5, 0.6) is 0 Å². The summed E-state index contributed by atoms with van der Waals surface area (Å²) in [6.07, 6.45) is 7.08. The third-order valence-corrected chi connectivity index (χ3v) is 2.41. The molecule has 0 heterocycles. The minimum atomic E-state index is -0.543. The van der Waals surface area contributed by atoms with Crippen molar-refractivity contribution in [2.24, 2.45) is 0 Å². The van der Waals surface area contributed by atoms with Crippen LogP contribution in [-0.4, -0.2) is 12.3 Å². The quantitative estimate of drug-likeness (QED) is 0.516. The van der Waals surface area contributed by atoms with Crippen LogP contribution in [0, 0.1) is 6.61 Å². The van der Waals surface area contributed by atoms with Crippen LogP contribution in [0.15, 0.2) is 0 Å². The molecule has 0 N–H and O–H groups in total. The van der Waals surface area contributed by atoms with Gasteiger partial charge in [-0.2, -0.15) is 0 Å². The summed E-state index contributed by atoms with van der Waals surface area (Å²) >= 11 is 0. The van der Waals surface area contributed by atoms with Gasteiger partial charge < -0.3 is 9.47 Å².